The lowest BCUT2D eigenvalue weighted by atomic mass is 10.2. The third-order valence-corrected chi connectivity index (χ3v) is 5.63. The summed E-state index contributed by atoms with van der Waals surface area (Å²) in [5.74, 6) is -0.261. The Morgan fingerprint density at radius 1 is 0.963 bits per heavy atom. The number of para-hydroxylation sites is 1. The van der Waals surface area contributed by atoms with E-state index in [0.29, 0.717) is 27.1 Å². The zero-order valence-corrected chi connectivity index (χ0v) is 17.1. The molecule has 1 aromatic heterocycles. The van der Waals surface area contributed by atoms with Crippen molar-refractivity contribution in [3.8, 4) is 0 Å². The monoisotopic (exact) mass is 444 g/mol. The highest BCUT2D eigenvalue weighted by atomic mass is 79.9. The van der Waals surface area contributed by atoms with Gasteiger partial charge >= 0.3 is 6.03 Å². The van der Waals surface area contributed by atoms with Crippen LogP contribution < -0.4 is 16.0 Å². The van der Waals surface area contributed by atoms with Gasteiger partial charge < -0.3 is 10.6 Å². The first-order valence-corrected chi connectivity index (χ1v) is 9.71. The SMILES string of the molecule is Cc1cc(NC(=O)c2sc(NC(=O)Nc3ccccc3)nc2C)ccc1Br. The van der Waals surface area contributed by atoms with Crippen LogP contribution in [0.1, 0.15) is 20.9 Å². The molecule has 0 bridgehead atoms. The fraction of sp³-hybridized carbons (Fsp3) is 0.105. The second kappa shape index (κ2) is 8.32. The van der Waals surface area contributed by atoms with Gasteiger partial charge in [0.1, 0.15) is 4.88 Å². The maximum Gasteiger partial charge on any atom is 0.325 e. The number of halogens is 1. The van der Waals surface area contributed by atoms with Crippen LogP contribution >= 0.6 is 27.3 Å². The summed E-state index contributed by atoms with van der Waals surface area (Å²) in [5, 5.41) is 8.58. The van der Waals surface area contributed by atoms with E-state index >= 15 is 0 Å². The molecule has 8 heteroatoms. The molecular weight excluding hydrogens is 428 g/mol. The Balaban J connectivity index is 1.67. The molecule has 3 rings (SSSR count). The number of hydrogen-bond acceptors (Lipinski definition) is 4. The van der Waals surface area contributed by atoms with Crippen molar-refractivity contribution in [2.75, 3.05) is 16.0 Å². The van der Waals surface area contributed by atoms with E-state index in [2.05, 4.69) is 36.9 Å². The molecule has 2 aromatic carbocycles. The molecule has 0 fully saturated rings. The zero-order chi connectivity index (χ0) is 19.4. The van der Waals surface area contributed by atoms with Crippen LogP contribution in [0.2, 0.25) is 0 Å². The molecule has 27 heavy (non-hydrogen) atoms. The Bertz CT molecular complexity index is 989. The number of hydrogen-bond donors (Lipinski definition) is 3. The van der Waals surface area contributed by atoms with Crippen molar-refractivity contribution < 1.29 is 9.59 Å². The number of nitrogens with one attached hydrogen (secondary N) is 3. The first-order valence-electron chi connectivity index (χ1n) is 8.10. The summed E-state index contributed by atoms with van der Waals surface area (Å²) in [4.78, 5) is 29.3. The lowest BCUT2D eigenvalue weighted by molar-refractivity contribution is 0.103. The van der Waals surface area contributed by atoms with Crippen LogP contribution in [0.3, 0.4) is 0 Å². The molecule has 0 unspecified atom stereocenters. The van der Waals surface area contributed by atoms with Gasteiger partial charge in [-0.15, -0.1) is 0 Å². The number of nitrogens with zero attached hydrogens (tertiary/aromatic N) is 1. The normalized spacial score (nSPS) is 10.3. The molecule has 0 spiro atoms. The molecule has 0 aliphatic rings. The predicted molar refractivity (Wildman–Crippen MR) is 113 cm³/mol. The number of anilines is 3. The largest absolute Gasteiger partial charge is 0.325 e. The molecular formula is C19H17BrN4O2S. The summed E-state index contributed by atoms with van der Waals surface area (Å²) in [6.07, 6.45) is 0. The number of carbonyl (C=O) groups excluding carboxylic acids is 2. The molecule has 0 aliphatic carbocycles. The number of aryl methyl sites for hydroxylation is 2. The van der Waals surface area contributed by atoms with E-state index in [4.69, 9.17) is 0 Å². The highest BCUT2D eigenvalue weighted by Crippen LogP contribution is 2.25. The van der Waals surface area contributed by atoms with Gasteiger partial charge in [0.15, 0.2) is 5.13 Å². The zero-order valence-electron chi connectivity index (χ0n) is 14.7. The molecule has 3 amide bonds. The minimum atomic E-state index is -0.412. The topological polar surface area (TPSA) is 83.1 Å². The smallest absolute Gasteiger partial charge is 0.321 e. The Hall–Kier alpha value is -2.71. The van der Waals surface area contributed by atoms with Gasteiger partial charge in [0.25, 0.3) is 5.91 Å². The van der Waals surface area contributed by atoms with E-state index in [9.17, 15) is 9.59 Å². The average molecular weight is 445 g/mol. The summed E-state index contributed by atoms with van der Waals surface area (Å²) >= 11 is 4.56. The highest BCUT2D eigenvalue weighted by molar-refractivity contribution is 9.10. The van der Waals surface area contributed by atoms with E-state index in [-0.39, 0.29) is 5.91 Å². The number of benzene rings is 2. The van der Waals surface area contributed by atoms with Crippen LogP contribution in [0.4, 0.5) is 21.3 Å². The Morgan fingerprint density at radius 3 is 2.41 bits per heavy atom. The number of urea groups is 1. The van der Waals surface area contributed by atoms with Gasteiger partial charge in [-0.1, -0.05) is 45.5 Å². The van der Waals surface area contributed by atoms with E-state index < -0.39 is 6.03 Å². The first kappa shape index (κ1) is 19.1. The fourth-order valence-electron chi connectivity index (χ4n) is 2.35. The van der Waals surface area contributed by atoms with Crippen molar-refractivity contribution in [1.82, 2.24) is 4.98 Å². The first-order chi connectivity index (χ1) is 12.9. The molecule has 1 heterocycles. The Morgan fingerprint density at radius 2 is 1.70 bits per heavy atom. The summed E-state index contributed by atoms with van der Waals surface area (Å²) in [5.41, 5.74) is 2.95. The van der Waals surface area contributed by atoms with Crippen LogP contribution in [0.15, 0.2) is 53.0 Å². The number of thiazole rings is 1. The summed E-state index contributed by atoms with van der Waals surface area (Å²) < 4.78 is 0.977. The number of rotatable bonds is 4. The summed E-state index contributed by atoms with van der Waals surface area (Å²) in [6.45, 7) is 3.68. The minimum Gasteiger partial charge on any atom is -0.321 e. The van der Waals surface area contributed by atoms with Gasteiger partial charge in [-0.25, -0.2) is 9.78 Å². The second-order valence-corrected chi connectivity index (χ2v) is 7.65. The van der Waals surface area contributed by atoms with Crippen molar-refractivity contribution in [2.45, 2.75) is 13.8 Å². The van der Waals surface area contributed by atoms with Gasteiger partial charge in [-0.2, -0.15) is 0 Å². The molecule has 3 aromatic rings. The minimum absolute atomic E-state index is 0.261. The van der Waals surface area contributed by atoms with Gasteiger partial charge in [0.05, 0.1) is 5.69 Å². The van der Waals surface area contributed by atoms with E-state index in [1.807, 2.05) is 43.3 Å². The van der Waals surface area contributed by atoms with Gasteiger partial charge in [-0.3, -0.25) is 10.1 Å². The Kier molecular flexibility index (Phi) is 5.88. The predicted octanol–water partition coefficient (Wildman–Crippen LogP) is 5.42. The quantitative estimate of drug-likeness (QED) is 0.502. The maximum atomic E-state index is 12.5. The second-order valence-electron chi connectivity index (χ2n) is 5.80. The van der Waals surface area contributed by atoms with Crippen molar-refractivity contribution in [1.29, 1.82) is 0 Å². The lowest BCUT2D eigenvalue weighted by Gasteiger charge is -2.06. The van der Waals surface area contributed by atoms with Crippen LogP contribution in [-0.2, 0) is 0 Å². The molecule has 0 atom stereocenters. The number of carbonyl (C=O) groups is 2. The van der Waals surface area contributed by atoms with E-state index in [1.165, 1.54) is 0 Å². The third-order valence-electron chi connectivity index (χ3n) is 3.67. The molecule has 3 N–H and O–H groups in total. The van der Waals surface area contributed by atoms with E-state index in [1.54, 1.807) is 19.1 Å². The highest BCUT2D eigenvalue weighted by Gasteiger charge is 2.17. The summed E-state index contributed by atoms with van der Waals surface area (Å²) in [6, 6.07) is 14.3. The average Bonchev–Trinajstić information content (AvgIpc) is 2.99. The van der Waals surface area contributed by atoms with Crippen LogP contribution in [0, 0.1) is 13.8 Å². The molecule has 0 saturated carbocycles. The van der Waals surface area contributed by atoms with E-state index in [0.717, 1.165) is 21.4 Å². The molecule has 0 radical (unpaired) electrons. The van der Waals surface area contributed by atoms with Crippen LogP contribution in [0.25, 0.3) is 0 Å². The van der Waals surface area contributed by atoms with Gasteiger partial charge in [0, 0.05) is 15.8 Å². The molecule has 6 nitrogen and oxygen atoms in total. The van der Waals surface area contributed by atoms with Crippen LogP contribution in [0.5, 0.6) is 0 Å². The Labute approximate surface area is 169 Å². The van der Waals surface area contributed by atoms with Crippen LogP contribution in [-0.4, -0.2) is 16.9 Å². The standard InChI is InChI=1S/C19H17BrN4O2S/c1-11-10-14(8-9-15(11)20)22-17(25)16-12(2)21-19(27-16)24-18(26)23-13-6-4-3-5-7-13/h3-10H,1-2H3,(H,22,25)(H2,21,23,24,26). The summed E-state index contributed by atoms with van der Waals surface area (Å²) in [7, 11) is 0. The van der Waals surface area contributed by atoms with Gasteiger partial charge in [-0.05, 0) is 49.7 Å². The third kappa shape index (κ3) is 4.93. The van der Waals surface area contributed by atoms with Crippen molar-refractivity contribution in [2.24, 2.45) is 0 Å². The molecule has 138 valence electrons. The number of aromatic nitrogens is 1. The van der Waals surface area contributed by atoms with Crippen molar-refractivity contribution in [3.05, 3.63) is 69.1 Å². The lowest BCUT2D eigenvalue weighted by Crippen LogP contribution is -2.19. The van der Waals surface area contributed by atoms with Crippen molar-refractivity contribution in [3.63, 3.8) is 0 Å². The molecule has 0 saturated heterocycles. The molecule has 0 aliphatic heterocycles. The van der Waals surface area contributed by atoms with Crippen molar-refractivity contribution >= 4 is 55.7 Å². The fourth-order valence-corrected chi connectivity index (χ4v) is 3.46. The van der Waals surface area contributed by atoms with Gasteiger partial charge in [0.2, 0.25) is 0 Å². The maximum absolute atomic E-state index is 12.5. The number of amides is 3.